The van der Waals surface area contributed by atoms with Crippen LogP contribution in [0.15, 0.2) is 60.7 Å². The first-order valence-electron chi connectivity index (χ1n) is 8.47. The van der Waals surface area contributed by atoms with Crippen molar-refractivity contribution in [2.75, 3.05) is 13.7 Å². The standard InChI is InChI=1S/C17H17NO4.C3H7NO2/c19-16(20)15(11-13-7-3-1-4-8-13)18-17(21)22-12-14-9-5-2-6-10-14;1-6-3(5)2-4/h1-10,15H,11-12H2,(H,18,21)(H,19,20);2,4H2,1H3/t15-;/m0./s1. The number of hydrogen-bond acceptors (Lipinski definition) is 6. The highest BCUT2D eigenvalue weighted by atomic mass is 16.5. The van der Waals surface area contributed by atoms with E-state index < -0.39 is 18.1 Å². The molecule has 0 aliphatic rings. The minimum atomic E-state index is -1.10. The number of aliphatic carboxylic acids is 1. The summed E-state index contributed by atoms with van der Waals surface area (Å²) in [6, 6.07) is 17.3. The number of nitrogens with one attached hydrogen (secondary N) is 1. The number of carboxylic acids is 1. The highest BCUT2D eigenvalue weighted by Gasteiger charge is 2.21. The number of rotatable bonds is 7. The van der Waals surface area contributed by atoms with Crippen LogP contribution in [0.1, 0.15) is 11.1 Å². The Balaban J connectivity index is 0.000000568. The van der Waals surface area contributed by atoms with Crippen molar-refractivity contribution in [3.05, 3.63) is 71.8 Å². The molecule has 0 saturated carbocycles. The molecular weight excluding hydrogens is 364 g/mol. The number of nitrogens with two attached hydrogens (primary N) is 1. The number of methoxy groups -OCH3 is 1. The summed E-state index contributed by atoms with van der Waals surface area (Å²) in [4.78, 5) is 32.8. The van der Waals surface area contributed by atoms with Gasteiger partial charge in [0.2, 0.25) is 0 Å². The fourth-order valence-electron chi connectivity index (χ4n) is 2.04. The smallest absolute Gasteiger partial charge is 0.408 e. The molecule has 0 aliphatic heterocycles. The van der Waals surface area contributed by atoms with Gasteiger partial charge in [-0.25, -0.2) is 9.59 Å². The number of carboxylic acid groups (broad SMARTS) is 1. The zero-order chi connectivity index (χ0) is 20.8. The van der Waals surface area contributed by atoms with Crippen molar-refractivity contribution in [3.8, 4) is 0 Å². The van der Waals surface area contributed by atoms with E-state index in [1.54, 1.807) is 0 Å². The first-order chi connectivity index (χ1) is 13.5. The van der Waals surface area contributed by atoms with Gasteiger partial charge >= 0.3 is 18.0 Å². The Kier molecular flexibility index (Phi) is 10.4. The molecule has 0 saturated heterocycles. The van der Waals surface area contributed by atoms with Gasteiger partial charge in [-0.05, 0) is 11.1 Å². The van der Waals surface area contributed by atoms with Crippen LogP contribution in [0.4, 0.5) is 4.79 Å². The van der Waals surface area contributed by atoms with Gasteiger partial charge in [-0.1, -0.05) is 60.7 Å². The van der Waals surface area contributed by atoms with Crippen LogP contribution in [0, 0.1) is 0 Å². The van der Waals surface area contributed by atoms with E-state index in [1.165, 1.54) is 7.11 Å². The van der Waals surface area contributed by atoms with E-state index in [0.29, 0.717) is 0 Å². The minimum absolute atomic E-state index is 0.0312. The molecule has 0 aliphatic carbocycles. The zero-order valence-electron chi connectivity index (χ0n) is 15.5. The topological polar surface area (TPSA) is 128 Å². The van der Waals surface area contributed by atoms with Gasteiger partial charge in [-0.2, -0.15) is 0 Å². The predicted molar refractivity (Wildman–Crippen MR) is 102 cm³/mol. The molecule has 0 aromatic heterocycles. The number of alkyl carbamates (subject to hydrolysis) is 1. The van der Waals surface area contributed by atoms with Crippen LogP contribution in [-0.4, -0.2) is 42.8 Å². The molecule has 2 rings (SSSR count). The molecule has 0 spiro atoms. The van der Waals surface area contributed by atoms with E-state index in [4.69, 9.17) is 10.5 Å². The lowest BCUT2D eigenvalue weighted by Gasteiger charge is -2.14. The van der Waals surface area contributed by atoms with Gasteiger partial charge in [0.15, 0.2) is 0 Å². The monoisotopic (exact) mass is 388 g/mol. The fraction of sp³-hybridized carbons (Fsp3) is 0.250. The highest BCUT2D eigenvalue weighted by molar-refractivity contribution is 5.80. The molecule has 0 heterocycles. The molecule has 0 radical (unpaired) electrons. The molecule has 2 aromatic carbocycles. The van der Waals surface area contributed by atoms with E-state index in [0.717, 1.165) is 11.1 Å². The molecule has 8 heteroatoms. The quantitative estimate of drug-likeness (QED) is 0.616. The number of carbonyl (C=O) groups is 3. The van der Waals surface area contributed by atoms with Crippen LogP contribution in [-0.2, 0) is 32.1 Å². The Hall–Kier alpha value is -3.39. The molecule has 2 aromatic rings. The molecule has 4 N–H and O–H groups in total. The highest BCUT2D eigenvalue weighted by Crippen LogP contribution is 2.05. The van der Waals surface area contributed by atoms with Crippen LogP contribution in [0.25, 0.3) is 0 Å². The molecule has 1 atom stereocenters. The lowest BCUT2D eigenvalue weighted by Crippen LogP contribution is -2.42. The predicted octanol–water partition coefficient (Wildman–Crippen LogP) is 1.73. The number of hydrogen-bond donors (Lipinski definition) is 3. The third kappa shape index (κ3) is 9.35. The van der Waals surface area contributed by atoms with Crippen molar-refractivity contribution in [3.63, 3.8) is 0 Å². The lowest BCUT2D eigenvalue weighted by atomic mass is 10.1. The maximum Gasteiger partial charge on any atom is 0.408 e. The summed E-state index contributed by atoms with van der Waals surface area (Å²) in [5.74, 6) is -1.48. The number of esters is 1. The number of carbonyl (C=O) groups excluding carboxylic acids is 2. The van der Waals surface area contributed by atoms with Gasteiger partial charge in [0.25, 0.3) is 0 Å². The molecule has 150 valence electrons. The summed E-state index contributed by atoms with van der Waals surface area (Å²) in [7, 11) is 1.30. The number of amides is 1. The third-order valence-corrected chi connectivity index (χ3v) is 3.48. The van der Waals surface area contributed by atoms with Crippen LogP contribution in [0.3, 0.4) is 0 Å². The van der Waals surface area contributed by atoms with Crippen LogP contribution >= 0.6 is 0 Å². The third-order valence-electron chi connectivity index (χ3n) is 3.48. The second kappa shape index (κ2) is 12.9. The molecule has 28 heavy (non-hydrogen) atoms. The second-order valence-electron chi connectivity index (χ2n) is 5.57. The summed E-state index contributed by atoms with van der Waals surface area (Å²) in [5, 5.41) is 11.6. The summed E-state index contributed by atoms with van der Waals surface area (Å²) in [6.45, 7) is 0.0703. The Labute approximate surface area is 163 Å². The Morgan fingerprint density at radius 1 is 1.00 bits per heavy atom. The molecule has 0 unspecified atom stereocenters. The second-order valence-corrected chi connectivity index (χ2v) is 5.57. The Morgan fingerprint density at radius 2 is 1.54 bits per heavy atom. The Bertz CT molecular complexity index is 731. The number of ether oxygens (including phenoxy) is 2. The minimum Gasteiger partial charge on any atom is -0.480 e. The molecule has 0 bridgehead atoms. The number of benzene rings is 2. The average Bonchev–Trinajstić information content (AvgIpc) is 2.73. The van der Waals surface area contributed by atoms with Crippen molar-refractivity contribution < 1.29 is 29.0 Å². The van der Waals surface area contributed by atoms with Crippen LogP contribution in [0.2, 0.25) is 0 Å². The maximum atomic E-state index is 11.7. The normalized spacial score (nSPS) is 10.6. The lowest BCUT2D eigenvalue weighted by molar-refractivity contribution is -0.140. The van der Waals surface area contributed by atoms with Gasteiger partial charge in [-0.15, -0.1) is 0 Å². The SMILES string of the molecule is COC(=O)CN.O=C(N[C@@H](Cc1ccccc1)C(=O)O)OCc1ccccc1. The summed E-state index contributed by atoms with van der Waals surface area (Å²) >= 11 is 0. The first kappa shape index (κ1) is 22.7. The molecular formula is C20H24N2O6. The van der Waals surface area contributed by atoms with Crippen molar-refractivity contribution in [2.24, 2.45) is 5.73 Å². The zero-order valence-corrected chi connectivity index (χ0v) is 15.5. The van der Waals surface area contributed by atoms with Gasteiger partial charge in [-0.3, -0.25) is 4.79 Å². The van der Waals surface area contributed by atoms with E-state index in [9.17, 15) is 19.5 Å². The van der Waals surface area contributed by atoms with Crippen LogP contribution in [0.5, 0.6) is 0 Å². The summed E-state index contributed by atoms with van der Waals surface area (Å²) in [5.41, 5.74) is 6.48. The fourth-order valence-corrected chi connectivity index (χ4v) is 2.04. The average molecular weight is 388 g/mol. The van der Waals surface area contributed by atoms with E-state index in [2.05, 4.69) is 10.1 Å². The largest absolute Gasteiger partial charge is 0.480 e. The molecule has 1 amide bonds. The van der Waals surface area contributed by atoms with Crippen molar-refractivity contribution in [1.29, 1.82) is 0 Å². The van der Waals surface area contributed by atoms with Crippen molar-refractivity contribution in [2.45, 2.75) is 19.1 Å². The molecule has 0 fully saturated rings. The van der Waals surface area contributed by atoms with Gasteiger partial charge < -0.3 is 25.6 Å². The van der Waals surface area contributed by atoms with Gasteiger partial charge in [0.1, 0.15) is 12.6 Å². The summed E-state index contributed by atoms with van der Waals surface area (Å²) in [6.07, 6.45) is -0.538. The first-order valence-corrected chi connectivity index (χ1v) is 8.47. The van der Waals surface area contributed by atoms with E-state index in [-0.39, 0.29) is 25.5 Å². The van der Waals surface area contributed by atoms with Crippen LogP contribution < -0.4 is 11.1 Å². The Morgan fingerprint density at radius 3 is 1.96 bits per heavy atom. The van der Waals surface area contributed by atoms with Gasteiger partial charge in [0, 0.05) is 6.42 Å². The van der Waals surface area contributed by atoms with E-state index >= 15 is 0 Å². The van der Waals surface area contributed by atoms with Crippen molar-refractivity contribution >= 4 is 18.0 Å². The summed E-state index contributed by atoms with van der Waals surface area (Å²) < 4.78 is 9.17. The van der Waals surface area contributed by atoms with Crippen molar-refractivity contribution in [1.82, 2.24) is 5.32 Å². The van der Waals surface area contributed by atoms with Gasteiger partial charge in [0.05, 0.1) is 13.7 Å². The van der Waals surface area contributed by atoms with E-state index in [1.807, 2.05) is 60.7 Å². The maximum absolute atomic E-state index is 11.7. The molecule has 8 nitrogen and oxygen atoms in total.